The van der Waals surface area contributed by atoms with E-state index >= 15 is 0 Å². The van der Waals surface area contributed by atoms with Crippen LogP contribution in [-0.2, 0) is 9.59 Å². The molecule has 0 aromatic carbocycles. The predicted molar refractivity (Wildman–Crippen MR) is 76.3 cm³/mol. The van der Waals surface area contributed by atoms with E-state index in [1.165, 1.54) is 0 Å². The van der Waals surface area contributed by atoms with Crippen LogP contribution in [0.5, 0.6) is 0 Å². The summed E-state index contributed by atoms with van der Waals surface area (Å²) in [5, 5.41) is 37.0. The molecule has 0 aliphatic rings. The van der Waals surface area contributed by atoms with Crippen LogP contribution >= 0.6 is 0 Å². The summed E-state index contributed by atoms with van der Waals surface area (Å²) in [6, 6.07) is 3.75. The molecule has 0 aliphatic heterocycles. The molecule has 0 N–H and O–H groups in total. The van der Waals surface area contributed by atoms with Crippen molar-refractivity contribution in [3.63, 3.8) is 0 Å². The third-order valence-corrected chi connectivity index (χ3v) is 2.36. The van der Waals surface area contributed by atoms with Crippen LogP contribution in [0.15, 0.2) is 11.6 Å². The van der Waals surface area contributed by atoms with Crippen molar-refractivity contribution in [1.29, 1.82) is 10.5 Å². The zero-order chi connectivity index (χ0) is 17.7. The topological polar surface area (TPSA) is 128 Å². The number of carboxylic acid groups (broad SMARTS) is 2. The van der Waals surface area contributed by atoms with Gasteiger partial charge in [-0.1, -0.05) is 33.8 Å². The fourth-order valence-electron chi connectivity index (χ4n) is 1.65. The Labute approximate surface area is 229 Å². The van der Waals surface area contributed by atoms with Crippen molar-refractivity contribution < 1.29 is 123 Å². The minimum absolute atomic E-state index is 0. The molecule has 0 radical (unpaired) electrons. The van der Waals surface area contributed by atoms with Crippen molar-refractivity contribution in [3.05, 3.63) is 11.6 Å². The van der Waals surface area contributed by atoms with Crippen molar-refractivity contribution in [2.24, 2.45) is 17.8 Å². The van der Waals surface area contributed by atoms with Gasteiger partial charge in [0.15, 0.2) is 0 Å². The number of hydrogen-bond donors (Lipinski definition) is 0. The summed E-state index contributed by atoms with van der Waals surface area (Å²) in [5.74, 6) is -2.18. The van der Waals surface area contributed by atoms with Gasteiger partial charge in [0.2, 0.25) is 0 Å². The Kier molecular flexibility index (Phi) is 27.5. The molecule has 0 saturated heterocycles. The third kappa shape index (κ3) is 25.2. The summed E-state index contributed by atoms with van der Waals surface area (Å²) in [6.07, 6.45) is 1.82. The molecule has 0 saturated carbocycles. The number of hydrogen-bond acceptors (Lipinski definition) is 6. The first-order valence-corrected chi connectivity index (χ1v) is 7.02. The molecular formula is C16H22K2N2O4. The first-order valence-electron chi connectivity index (χ1n) is 7.02. The zero-order valence-electron chi connectivity index (χ0n) is 15.5. The summed E-state index contributed by atoms with van der Waals surface area (Å²) < 4.78 is 0. The average Bonchev–Trinajstić information content (AvgIpc) is 2.35. The van der Waals surface area contributed by atoms with E-state index in [2.05, 4.69) is 0 Å². The van der Waals surface area contributed by atoms with Gasteiger partial charge < -0.3 is 19.8 Å². The van der Waals surface area contributed by atoms with E-state index < -0.39 is 11.9 Å². The van der Waals surface area contributed by atoms with Crippen LogP contribution < -0.4 is 113 Å². The number of allylic oxidation sites excluding steroid dienone is 1. The standard InChI is InChI=1S/C8H13NO2.C8H11NO2.2K/c2*1-6(2)3-7(5-9)4-8(10)11;;/h6-7H,3-4H2,1-2H3,(H,10,11);3,6H,4H2,1-2H3,(H,10,11);;/q;;2*+1/p-2. The van der Waals surface area contributed by atoms with Crippen molar-refractivity contribution in [2.45, 2.75) is 47.0 Å². The predicted octanol–water partition coefficient (Wildman–Crippen LogP) is -5.45. The second kappa shape index (κ2) is 20.2. The Hall–Kier alpha value is 0.933. The zero-order valence-corrected chi connectivity index (χ0v) is 21.7. The molecule has 1 atom stereocenters. The third-order valence-electron chi connectivity index (χ3n) is 2.36. The van der Waals surface area contributed by atoms with Gasteiger partial charge in [-0.25, -0.2) is 0 Å². The summed E-state index contributed by atoms with van der Waals surface area (Å²) in [6.45, 7) is 7.68. The molecule has 8 heteroatoms. The Balaban J connectivity index is -0.000000154. The van der Waals surface area contributed by atoms with Crippen LogP contribution in [0.1, 0.15) is 47.0 Å². The molecule has 0 aromatic heterocycles. The van der Waals surface area contributed by atoms with E-state index in [0.29, 0.717) is 12.3 Å². The molecule has 122 valence electrons. The van der Waals surface area contributed by atoms with Crippen LogP contribution in [-0.4, -0.2) is 11.9 Å². The van der Waals surface area contributed by atoms with Gasteiger partial charge in [-0.15, -0.1) is 0 Å². The maximum absolute atomic E-state index is 10.1. The molecular weight excluding hydrogens is 362 g/mol. The van der Waals surface area contributed by atoms with Crippen LogP contribution in [0.3, 0.4) is 0 Å². The van der Waals surface area contributed by atoms with Crippen molar-refractivity contribution in [1.82, 2.24) is 0 Å². The van der Waals surface area contributed by atoms with Crippen LogP contribution in [0.4, 0.5) is 0 Å². The smallest absolute Gasteiger partial charge is 0.550 e. The van der Waals surface area contributed by atoms with Crippen LogP contribution in [0.25, 0.3) is 0 Å². The van der Waals surface area contributed by atoms with E-state index in [1.807, 2.05) is 33.8 Å². The number of nitrogens with zero attached hydrogens (tertiary/aromatic N) is 2. The molecule has 0 amide bonds. The number of nitriles is 2. The molecule has 0 aliphatic carbocycles. The monoisotopic (exact) mass is 384 g/mol. The molecule has 24 heavy (non-hydrogen) atoms. The minimum atomic E-state index is -1.21. The largest absolute Gasteiger partial charge is 1.00 e. The maximum atomic E-state index is 10.1. The number of aliphatic carboxylic acids is 2. The quantitative estimate of drug-likeness (QED) is 0.318. The van der Waals surface area contributed by atoms with Gasteiger partial charge >= 0.3 is 103 Å². The molecule has 6 nitrogen and oxygen atoms in total. The van der Waals surface area contributed by atoms with E-state index in [-0.39, 0.29) is 133 Å². The van der Waals surface area contributed by atoms with E-state index in [1.54, 1.807) is 12.1 Å². The second-order valence-corrected chi connectivity index (χ2v) is 5.63. The van der Waals surface area contributed by atoms with Gasteiger partial charge in [-0.2, -0.15) is 10.5 Å². The Bertz CT molecular complexity index is 477. The summed E-state index contributed by atoms with van der Waals surface area (Å²) in [4.78, 5) is 20.1. The Morgan fingerprint density at radius 3 is 1.79 bits per heavy atom. The average molecular weight is 385 g/mol. The van der Waals surface area contributed by atoms with E-state index in [4.69, 9.17) is 10.5 Å². The molecule has 0 rings (SSSR count). The number of rotatable bonds is 7. The van der Waals surface area contributed by atoms with Crippen molar-refractivity contribution in [2.75, 3.05) is 0 Å². The van der Waals surface area contributed by atoms with Gasteiger partial charge in [0.25, 0.3) is 0 Å². The molecule has 0 bridgehead atoms. The van der Waals surface area contributed by atoms with Gasteiger partial charge in [-0.3, -0.25) is 0 Å². The molecule has 0 fully saturated rings. The van der Waals surface area contributed by atoms with Gasteiger partial charge in [0.1, 0.15) is 0 Å². The fraction of sp³-hybridized carbons (Fsp3) is 0.625. The second-order valence-electron chi connectivity index (χ2n) is 5.63. The first kappa shape index (κ1) is 32.6. The number of carboxylic acids is 2. The Morgan fingerprint density at radius 1 is 1.04 bits per heavy atom. The minimum Gasteiger partial charge on any atom is -0.550 e. The normalized spacial score (nSPS) is 10.9. The Morgan fingerprint density at radius 2 is 1.54 bits per heavy atom. The van der Waals surface area contributed by atoms with Crippen LogP contribution in [0, 0.1) is 40.4 Å². The summed E-state index contributed by atoms with van der Waals surface area (Å²) in [5.41, 5.74) is 0.264. The number of carbonyl (C=O) groups is 2. The maximum Gasteiger partial charge on any atom is 1.00 e. The van der Waals surface area contributed by atoms with Gasteiger partial charge in [0.05, 0.1) is 18.1 Å². The van der Waals surface area contributed by atoms with E-state index in [9.17, 15) is 19.8 Å². The molecule has 0 aromatic rings. The summed E-state index contributed by atoms with van der Waals surface area (Å²) in [7, 11) is 0. The van der Waals surface area contributed by atoms with E-state index in [0.717, 1.165) is 0 Å². The SMILES string of the molecule is CC(C)C=C(C#N)CC(=O)[O-].CC(C)CC(C#N)CC(=O)[O-].[K+].[K+]. The summed E-state index contributed by atoms with van der Waals surface area (Å²) >= 11 is 0. The van der Waals surface area contributed by atoms with Crippen molar-refractivity contribution in [3.8, 4) is 12.1 Å². The molecule has 0 heterocycles. The van der Waals surface area contributed by atoms with Gasteiger partial charge in [-0.05, 0) is 18.3 Å². The fourth-order valence-corrected chi connectivity index (χ4v) is 1.65. The number of carbonyl (C=O) groups excluding carboxylic acids is 2. The van der Waals surface area contributed by atoms with Crippen LogP contribution in [0.2, 0.25) is 0 Å². The molecule has 1 unspecified atom stereocenters. The first-order chi connectivity index (χ1) is 10.1. The van der Waals surface area contributed by atoms with Gasteiger partial charge in [0, 0.05) is 30.4 Å². The van der Waals surface area contributed by atoms with Crippen molar-refractivity contribution >= 4 is 11.9 Å². The molecule has 0 spiro atoms.